The quantitative estimate of drug-likeness (QED) is 0.554. The molecule has 0 amide bonds. The van der Waals surface area contributed by atoms with Gasteiger partial charge in [-0.25, -0.2) is 0 Å². The zero-order valence-corrected chi connectivity index (χ0v) is 7.36. The van der Waals surface area contributed by atoms with Gasteiger partial charge in [0.15, 0.2) is 0 Å². The second kappa shape index (κ2) is 3.34. The first-order valence-corrected chi connectivity index (χ1v) is 3.97. The second-order valence-corrected chi connectivity index (χ2v) is 2.74. The van der Waals surface area contributed by atoms with Crippen molar-refractivity contribution in [1.82, 2.24) is 4.98 Å². The average Bonchev–Trinajstić information content (AvgIpc) is 2.03. The lowest BCUT2D eigenvalue weighted by Crippen LogP contribution is -2.18. The number of hydrogen-bond acceptors (Lipinski definition) is 2. The summed E-state index contributed by atoms with van der Waals surface area (Å²) in [5.41, 5.74) is 2.59. The van der Waals surface area contributed by atoms with Gasteiger partial charge in [0, 0.05) is 17.5 Å². The normalized spacial score (nSPS) is 9.83. The highest BCUT2D eigenvalue weighted by Gasteiger charge is 2.04. The number of rotatable bonds is 2. The molecule has 0 atom stereocenters. The zero-order chi connectivity index (χ0) is 9.14. The Labute approximate surface area is 71.5 Å². The highest BCUT2D eigenvalue weighted by atomic mass is 14.7. The van der Waals surface area contributed by atoms with Crippen LogP contribution in [0.2, 0.25) is 0 Å². The van der Waals surface area contributed by atoms with Gasteiger partial charge < -0.3 is 10.4 Å². The van der Waals surface area contributed by atoms with Crippen molar-refractivity contribution in [3.63, 3.8) is 0 Å². The Morgan fingerprint density at radius 3 is 2.75 bits per heavy atom. The topological polar surface area (TPSA) is 63.5 Å². The Hall–Kier alpha value is -1.38. The Morgan fingerprint density at radius 2 is 2.25 bits per heavy atom. The lowest BCUT2D eigenvalue weighted by atomic mass is 10.1. The molecule has 3 nitrogen and oxygen atoms in total. The third-order valence-electron chi connectivity index (χ3n) is 1.86. The first kappa shape index (κ1) is 8.71. The van der Waals surface area contributed by atoms with Crippen LogP contribution in [-0.4, -0.2) is 10.7 Å². The van der Waals surface area contributed by atoms with E-state index in [0.29, 0.717) is 17.6 Å². The van der Waals surface area contributed by atoms with Gasteiger partial charge in [-0.2, -0.15) is 0 Å². The predicted octanol–water partition coefficient (Wildman–Crippen LogP) is 1.58. The van der Waals surface area contributed by atoms with Crippen molar-refractivity contribution in [2.24, 2.45) is 0 Å². The Balaban J connectivity index is 3.31. The number of hydrogen-bond donors (Lipinski definition) is 3. The number of H-pyrrole nitrogens is 1. The standard InChI is InChI=1S/C9H13N3/c1-3-7(10)8-6(2)4-5-12-9(8)11/h4-5,10H,3H2,1-2H3,(H2,11,12). The first-order valence-electron chi connectivity index (χ1n) is 3.97. The van der Waals surface area contributed by atoms with Crippen LogP contribution in [0.5, 0.6) is 0 Å². The molecule has 0 fully saturated rings. The molecule has 1 rings (SSSR count). The molecule has 3 N–H and O–H groups in total. The van der Waals surface area contributed by atoms with E-state index in [1.807, 2.05) is 19.9 Å². The monoisotopic (exact) mass is 163 g/mol. The van der Waals surface area contributed by atoms with Crippen molar-refractivity contribution in [1.29, 1.82) is 10.8 Å². The molecule has 0 unspecified atom stereocenters. The fourth-order valence-corrected chi connectivity index (χ4v) is 1.17. The lowest BCUT2D eigenvalue weighted by molar-refractivity contribution is 1.06. The molecule has 0 aromatic carbocycles. The number of aromatic amines is 1. The molecule has 0 aliphatic carbocycles. The molecular weight excluding hydrogens is 150 g/mol. The lowest BCUT2D eigenvalue weighted by Gasteiger charge is -2.04. The molecule has 0 aliphatic heterocycles. The third-order valence-corrected chi connectivity index (χ3v) is 1.86. The van der Waals surface area contributed by atoms with Crippen molar-refractivity contribution in [3.8, 4) is 0 Å². The highest BCUT2D eigenvalue weighted by molar-refractivity contribution is 5.98. The van der Waals surface area contributed by atoms with Crippen LogP contribution < -0.4 is 5.49 Å². The third kappa shape index (κ3) is 1.44. The van der Waals surface area contributed by atoms with Crippen LogP contribution in [0.4, 0.5) is 0 Å². The van der Waals surface area contributed by atoms with Gasteiger partial charge in [-0.05, 0) is 25.0 Å². The molecule has 64 valence electrons. The molecular formula is C9H13N3. The van der Waals surface area contributed by atoms with Crippen molar-refractivity contribution < 1.29 is 0 Å². The fraction of sp³-hybridized carbons (Fsp3) is 0.333. The van der Waals surface area contributed by atoms with E-state index in [0.717, 1.165) is 11.1 Å². The van der Waals surface area contributed by atoms with Crippen LogP contribution >= 0.6 is 0 Å². The molecule has 1 aromatic rings. The van der Waals surface area contributed by atoms with Crippen molar-refractivity contribution in [3.05, 3.63) is 28.9 Å². The van der Waals surface area contributed by atoms with E-state index >= 15 is 0 Å². The summed E-state index contributed by atoms with van der Waals surface area (Å²) in [6.07, 6.45) is 2.40. The van der Waals surface area contributed by atoms with E-state index in [4.69, 9.17) is 10.8 Å². The van der Waals surface area contributed by atoms with Crippen molar-refractivity contribution in [2.75, 3.05) is 0 Å². The van der Waals surface area contributed by atoms with Gasteiger partial charge in [0.25, 0.3) is 0 Å². The number of aryl methyl sites for hydroxylation is 1. The highest BCUT2D eigenvalue weighted by Crippen LogP contribution is 2.02. The van der Waals surface area contributed by atoms with Gasteiger partial charge in [0.05, 0.1) is 0 Å². The smallest absolute Gasteiger partial charge is 0.131 e. The summed E-state index contributed by atoms with van der Waals surface area (Å²) in [5.74, 6) is 0. The van der Waals surface area contributed by atoms with Gasteiger partial charge in [-0.15, -0.1) is 0 Å². The Morgan fingerprint density at radius 1 is 1.58 bits per heavy atom. The minimum absolute atomic E-state index is 0.335. The average molecular weight is 163 g/mol. The van der Waals surface area contributed by atoms with Gasteiger partial charge >= 0.3 is 0 Å². The van der Waals surface area contributed by atoms with Gasteiger partial charge in [-0.1, -0.05) is 6.92 Å². The van der Waals surface area contributed by atoms with Crippen LogP contribution in [0.15, 0.2) is 12.3 Å². The molecule has 0 aliphatic rings. The van der Waals surface area contributed by atoms with E-state index in [9.17, 15) is 0 Å². The van der Waals surface area contributed by atoms with Gasteiger partial charge in [0.2, 0.25) is 0 Å². The fourth-order valence-electron chi connectivity index (χ4n) is 1.17. The van der Waals surface area contributed by atoms with Crippen LogP contribution in [-0.2, 0) is 0 Å². The summed E-state index contributed by atoms with van der Waals surface area (Å²) in [5, 5.41) is 15.2. The zero-order valence-electron chi connectivity index (χ0n) is 7.36. The van der Waals surface area contributed by atoms with Crippen LogP contribution in [0, 0.1) is 17.7 Å². The van der Waals surface area contributed by atoms with Crippen LogP contribution in [0.25, 0.3) is 0 Å². The SMILES string of the molecule is CCC(=N)c1c(C)cc[nH]c1=N. The van der Waals surface area contributed by atoms with E-state index in [-0.39, 0.29) is 0 Å². The number of pyridine rings is 1. The molecule has 1 aromatic heterocycles. The van der Waals surface area contributed by atoms with E-state index in [1.165, 1.54) is 0 Å². The summed E-state index contributed by atoms with van der Waals surface area (Å²) >= 11 is 0. The summed E-state index contributed by atoms with van der Waals surface area (Å²) in [6.45, 7) is 3.85. The van der Waals surface area contributed by atoms with Gasteiger partial charge in [0.1, 0.15) is 5.49 Å². The molecule has 0 spiro atoms. The van der Waals surface area contributed by atoms with E-state index in [1.54, 1.807) is 6.20 Å². The summed E-state index contributed by atoms with van der Waals surface area (Å²) in [4.78, 5) is 2.78. The molecule has 12 heavy (non-hydrogen) atoms. The van der Waals surface area contributed by atoms with Crippen LogP contribution in [0.1, 0.15) is 24.5 Å². The maximum absolute atomic E-state index is 7.62. The predicted molar refractivity (Wildman–Crippen MR) is 48.5 cm³/mol. The molecule has 0 bridgehead atoms. The molecule has 0 radical (unpaired) electrons. The maximum Gasteiger partial charge on any atom is 0.131 e. The maximum atomic E-state index is 7.62. The second-order valence-electron chi connectivity index (χ2n) is 2.74. The van der Waals surface area contributed by atoms with Crippen molar-refractivity contribution >= 4 is 5.71 Å². The molecule has 1 heterocycles. The molecule has 3 heteroatoms. The van der Waals surface area contributed by atoms with E-state index < -0.39 is 0 Å². The summed E-state index contributed by atoms with van der Waals surface area (Å²) < 4.78 is 0. The molecule has 0 saturated heterocycles. The first-order chi connectivity index (χ1) is 5.66. The van der Waals surface area contributed by atoms with E-state index in [2.05, 4.69) is 4.98 Å². The number of aromatic nitrogens is 1. The summed E-state index contributed by atoms with van der Waals surface area (Å²) in [7, 11) is 0. The minimum Gasteiger partial charge on any atom is -0.347 e. The Kier molecular flexibility index (Phi) is 2.43. The Bertz CT molecular complexity index is 349. The largest absolute Gasteiger partial charge is 0.347 e. The number of nitrogens with one attached hydrogen (secondary N) is 3. The summed E-state index contributed by atoms with van der Waals surface area (Å²) in [6, 6.07) is 1.89. The molecule has 0 saturated carbocycles. The van der Waals surface area contributed by atoms with Crippen molar-refractivity contribution in [2.45, 2.75) is 20.3 Å². The van der Waals surface area contributed by atoms with Gasteiger partial charge in [-0.3, -0.25) is 5.41 Å². The van der Waals surface area contributed by atoms with Crippen LogP contribution in [0.3, 0.4) is 0 Å². The minimum atomic E-state index is 0.335.